The molecule has 2 amide bonds. The van der Waals surface area contributed by atoms with Gasteiger partial charge in [0.25, 0.3) is 5.91 Å². The van der Waals surface area contributed by atoms with Gasteiger partial charge in [-0.3, -0.25) is 9.59 Å². The first-order chi connectivity index (χ1) is 17.5. The van der Waals surface area contributed by atoms with Crippen molar-refractivity contribution in [2.24, 2.45) is 5.92 Å². The number of nitrogens with zero attached hydrogens (tertiary/aromatic N) is 1. The molecule has 36 heavy (non-hydrogen) atoms. The number of amides is 2. The summed E-state index contributed by atoms with van der Waals surface area (Å²) in [6.45, 7) is 2.95. The van der Waals surface area contributed by atoms with Crippen LogP contribution in [0.3, 0.4) is 0 Å². The zero-order valence-electron chi connectivity index (χ0n) is 20.6. The first kappa shape index (κ1) is 23.7. The van der Waals surface area contributed by atoms with Crippen molar-refractivity contribution in [3.8, 4) is 11.5 Å². The molecule has 2 aliphatic heterocycles. The summed E-state index contributed by atoms with van der Waals surface area (Å²) in [5, 5.41) is 7.96. The smallest absolute Gasteiger partial charge is 0.251 e. The monoisotopic (exact) mass is 486 g/mol. The Hall–Kier alpha value is -4.04. The quantitative estimate of drug-likeness (QED) is 0.470. The van der Waals surface area contributed by atoms with Crippen molar-refractivity contribution in [3.05, 3.63) is 82.9 Å². The number of hydrogen-bond acceptors (Lipinski definition) is 6. The molecule has 0 aromatic heterocycles. The van der Waals surface area contributed by atoms with Crippen LogP contribution in [0.5, 0.6) is 11.5 Å². The van der Waals surface area contributed by atoms with Crippen molar-refractivity contribution in [3.63, 3.8) is 0 Å². The lowest BCUT2D eigenvalue weighted by Gasteiger charge is -2.27. The number of hydrogen-bond donors (Lipinski definition) is 3. The number of methoxy groups -OCH3 is 2. The second-order valence-corrected chi connectivity index (χ2v) is 8.95. The standard InChI is InChI=1S/C28H30N4O4/c1-4-17-5-9-20(10-6-17)32-28(34)23-16-29-24-12-8-18(13-22(24)26(23)31-32)27(33)30-15-19-7-11-21(35-2)14-25(19)36-3/h5-14,23,26,29,31H,4,15-16H2,1-3H3,(H,30,33). The Bertz CT molecular complexity index is 1290. The minimum Gasteiger partial charge on any atom is -0.497 e. The summed E-state index contributed by atoms with van der Waals surface area (Å²) in [7, 11) is 3.18. The van der Waals surface area contributed by atoms with Gasteiger partial charge in [0, 0.05) is 36.0 Å². The zero-order chi connectivity index (χ0) is 25.2. The molecule has 2 heterocycles. The van der Waals surface area contributed by atoms with Gasteiger partial charge in [-0.2, -0.15) is 0 Å². The Morgan fingerprint density at radius 3 is 2.58 bits per heavy atom. The maximum atomic E-state index is 13.2. The van der Waals surface area contributed by atoms with E-state index in [0.717, 1.165) is 28.9 Å². The second-order valence-electron chi connectivity index (χ2n) is 8.95. The van der Waals surface area contributed by atoms with E-state index in [1.807, 2.05) is 48.5 Å². The Morgan fingerprint density at radius 2 is 1.86 bits per heavy atom. The number of hydrazine groups is 1. The van der Waals surface area contributed by atoms with Crippen molar-refractivity contribution in [2.75, 3.05) is 31.1 Å². The fourth-order valence-electron chi connectivity index (χ4n) is 4.79. The first-order valence-corrected chi connectivity index (χ1v) is 12.1. The highest BCUT2D eigenvalue weighted by molar-refractivity contribution is 5.99. The van der Waals surface area contributed by atoms with E-state index in [2.05, 4.69) is 23.0 Å². The number of benzene rings is 3. The Morgan fingerprint density at radius 1 is 1.06 bits per heavy atom. The van der Waals surface area contributed by atoms with Crippen LogP contribution >= 0.6 is 0 Å². The van der Waals surface area contributed by atoms with E-state index >= 15 is 0 Å². The second kappa shape index (κ2) is 9.91. The average Bonchev–Trinajstić information content (AvgIpc) is 3.27. The molecule has 0 radical (unpaired) electrons. The predicted molar refractivity (Wildman–Crippen MR) is 138 cm³/mol. The van der Waals surface area contributed by atoms with Crippen molar-refractivity contribution in [2.45, 2.75) is 25.9 Å². The molecule has 0 saturated carbocycles. The van der Waals surface area contributed by atoms with Crippen LogP contribution in [-0.2, 0) is 17.8 Å². The van der Waals surface area contributed by atoms with Gasteiger partial charge in [-0.25, -0.2) is 10.4 Å². The number of aryl methyl sites for hydroxylation is 1. The maximum Gasteiger partial charge on any atom is 0.251 e. The van der Waals surface area contributed by atoms with Gasteiger partial charge in [0.1, 0.15) is 11.5 Å². The largest absolute Gasteiger partial charge is 0.497 e. The molecule has 0 aliphatic carbocycles. The zero-order valence-corrected chi connectivity index (χ0v) is 20.6. The van der Waals surface area contributed by atoms with Crippen molar-refractivity contribution in [1.82, 2.24) is 10.7 Å². The number of fused-ring (bicyclic) bond motifs is 3. The number of ether oxygens (including phenoxy) is 2. The molecule has 0 spiro atoms. The SMILES string of the molecule is CCc1ccc(N2NC3c4cc(C(=O)NCc5ccc(OC)cc5OC)ccc4NCC3C2=O)cc1. The normalized spacial score (nSPS) is 18.2. The van der Waals surface area contributed by atoms with Crippen molar-refractivity contribution < 1.29 is 19.1 Å². The molecule has 5 rings (SSSR count). The first-order valence-electron chi connectivity index (χ1n) is 12.1. The molecule has 8 nitrogen and oxygen atoms in total. The van der Waals surface area contributed by atoms with Gasteiger partial charge in [-0.15, -0.1) is 0 Å². The lowest BCUT2D eigenvalue weighted by atomic mass is 9.88. The maximum absolute atomic E-state index is 13.2. The highest BCUT2D eigenvalue weighted by atomic mass is 16.5. The summed E-state index contributed by atoms with van der Waals surface area (Å²) in [4.78, 5) is 26.2. The van der Waals surface area contributed by atoms with Crippen LogP contribution in [-0.4, -0.2) is 32.6 Å². The van der Waals surface area contributed by atoms with E-state index in [1.54, 1.807) is 31.4 Å². The molecule has 2 aliphatic rings. The fraction of sp³-hybridized carbons (Fsp3) is 0.286. The molecule has 186 valence electrons. The van der Waals surface area contributed by atoms with Crippen LogP contribution in [0.25, 0.3) is 0 Å². The van der Waals surface area contributed by atoms with Gasteiger partial charge < -0.3 is 20.1 Å². The number of anilines is 2. The summed E-state index contributed by atoms with van der Waals surface area (Å²) < 4.78 is 10.7. The highest BCUT2D eigenvalue weighted by Gasteiger charge is 2.44. The minimum atomic E-state index is -0.259. The van der Waals surface area contributed by atoms with Gasteiger partial charge in [-0.05, 0) is 60.0 Å². The summed E-state index contributed by atoms with van der Waals surface area (Å²) >= 11 is 0. The Labute approximate surface area is 210 Å². The van der Waals surface area contributed by atoms with Crippen LogP contribution in [0, 0.1) is 5.92 Å². The van der Waals surface area contributed by atoms with Gasteiger partial charge >= 0.3 is 0 Å². The molecule has 2 atom stereocenters. The minimum absolute atomic E-state index is 0.0175. The van der Waals surface area contributed by atoms with E-state index in [4.69, 9.17) is 9.47 Å². The molecule has 3 N–H and O–H groups in total. The summed E-state index contributed by atoms with van der Waals surface area (Å²) in [6.07, 6.45) is 0.945. The van der Waals surface area contributed by atoms with Crippen molar-refractivity contribution in [1.29, 1.82) is 0 Å². The van der Waals surface area contributed by atoms with Gasteiger partial charge in [0.05, 0.1) is 31.9 Å². The molecular formula is C28H30N4O4. The van der Waals surface area contributed by atoms with E-state index < -0.39 is 0 Å². The molecule has 1 fully saturated rings. The molecule has 1 saturated heterocycles. The topological polar surface area (TPSA) is 91.9 Å². The number of rotatable bonds is 7. The Balaban J connectivity index is 1.34. The summed E-state index contributed by atoms with van der Waals surface area (Å²) in [5.74, 6) is 0.892. The average molecular weight is 487 g/mol. The van der Waals surface area contributed by atoms with Crippen LogP contribution < -0.4 is 30.5 Å². The molecule has 0 bridgehead atoms. The third-order valence-corrected chi connectivity index (χ3v) is 6.91. The van der Waals surface area contributed by atoms with Crippen LogP contribution in [0.1, 0.15) is 40.0 Å². The molecule has 2 unspecified atom stereocenters. The van der Waals surface area contributed by atoms with Crippen LogP contribution in [0.4, 0.5) is 11.4 Å². The van der Waals surface area contributed by atoms with E-state index in [-0.39, 0.29) is 23.8 Å². The van der Waals surface area contributed by atoms with Gasteiger partial charge in [0.2, 0.25) is 5.91 Å². The van der Waals surface area contributed by atoms with E-state index in [9.17, 15) is 9.59 Å². The molecule has 3 aromatic rings. The summed E-state index contributed by atoms with van der Waals surface area (Å²) in [5.41, 5.74) is 8.63. The van der Waals surface area contributed by atoms with Crippen LogP contribution in [0.2, 0.25) is 0 Å². The van der Waals surface area contributed by atoms with Gasteiger partial charge in [0.15, 0.2) is 0 Å². The van der Waals surface area contributed by atoms with E-state index in [1.165, 1.54) is 5.56 Å². The number of carbonyl (C=O) groups is 2. The third kappa shape index (κ3) is 4.35. The fourth-order valence-corrected chi connectivity index (χ4v) is 4.79. The van der Waals surface area contributed by atoms with Gasteiger partial charge in [-0.1, -0.05) is 19.1 Å². The van der Waals surface area contributed by atoms with E-state index in [0.29, 0.717) is 30.2 Å². The lowest BCUT2D eigenvalue weighted by molar-refractivity contribution is -0.120. The molecule has 3 aromatic carbocycles. The third-order valence-electron chi connectivity index (χ3n) is 6.91. The Kier molecular flexibility index (Phi) is 6.52. The van der Waals surface area contributed by atoms with Crippen molar-refractivity contribution >= 4 is 23.2 Å². The number of nitrogens with one attached hydrogen (secondary N) is 3. The highest BCUT2D eigenvalue weighted by Crippen LogP contribution is 2.40. The van der Waals surface area contributed by atoms with Crippen LogP contribution in [0.15, 0.2) is 60.7 Å². The lowest BCUT2D eigenvalue weighted by Crippen LogP contribution is -2.35. The number of carbonyl (C=O) groups excluding carboxylic acids is 2. The predicted octanol–water partition coefficient (Wildman–Crippen LogP) is 3.83. The molecule has 8 heteroatoms. The molecular weight excluding hydrogens is 456 g/mol. The summed E-state index contributed by atoms with van der Waals surface area (Å²) in [6, 6.07) is 18.9.